The van der Waals surface area contributed by atoms with Crippen LogP contribution in [-0.4, -0.2) is 30.3 Å². The molecule has 0 radical (unpaired) electrons. The largest absolute Gasteiger partial charge is 0.381 e. The molecule has 1 saturated heterocycles. The molecule has 0 saturated carbocycles. The highest BCUT2D eigenvalue weighted by atomic mass is 16.5. The van der Waals surface area contributed by atoms with Crippen molar-refractivity contribution >= 4 is 0 Å². The van der Waals surface area contributed by atoms with Gasteiger partial charge in [-0.3, -0.25) is 0 Å². The van der Waals surface area contributed by atoms with E-state index >= 15 is 0 Å². The molecule has 5 heteroatoms. The van der Waals surface area contributed by atoms with E-state index in [0.29, 0.717) is 13.2 Å². The summed E-state index contributed by atoms with van der Waals surface area (Å²) < 4.78 is 11.2. The van der Waals surface area contributed by atoms with E-state index in [1.54, 1.807) is 7.11 Å². The van der Waals surface area contributed by atoms with Gasteiger partial charge in [0.15, 0.2) is 5.82 Å². The van der Waals surface area contributed by atoms with Gasteiger partial charge in [0.1, 0.15) is 5.60 Å². The topological polar surface area (TPSA) is 56.3 Å². The van der Waals surface area contributed by atoms with Crippen LogP contribution in [0.25, 0.3) is 0 Å². The molecule has 1 aromatic heterocycles. The quantitative estimate of drug-likeness (QED) is 0.890. The van der Waals surface area contributed by atoms with Crippen LogP contribution in [0.4, 0.5) is 0 Å². The molecule has 3 rings (SSSR count). The molecule has 104 valence electrons. The Bertz CT molecular complexity index is 470. The number of aryl methyl sites for hydroxylation is 1. The Labute approximate surface area is 113 Å². The third-order valence-corrected chi connectivity index (χ3v) is 4.21. The lowest BCUT2D eigenvalue weighted by atomic mass is 9.92. The van der Waals surface area contributed by atoms with Crippen LogP contribution in [0.3, 0.4) is 0 Å². The van der Waals surface area contributed by atoms with E-state index in [2.05, 4.69) is 12.2 Å². The summed E-state index contributed by atoms with van der Waals surface area (Å²) >= 11 is 0. The summed E-state index contributed by atoms with van der Waals surface area (Å²) in [4.78, 5) is 9.57. The normalized spacial score (nSPS) is 21.4. The molecule has 0 amide bonds. The minimum absolute atomic E-state index is 0.361. The fraction of sp³-hybridized carbons (Fsp3) is 0.714. The zero-order valence-corrected chi connectivity index (χ0v) is 11.7. The number of hydrogen-bond acceptors (Lipinski definition) is 5. The molecule has 0 aliphatic carbocycles. The lowest BCUT2D eigenvalue weighted by molar-refractivity contribution is -0.100. The molecule has 2 aliphatic rings. The van der Waals surface area contributed by atoms with Crippen molar-refractivity contribution in [3.05, 3.63) is 22.8 Å². The van der Waals surface area contributed by atoms with Crippen molar-refractivity contribution in [2.75, 3.05) is 20.3 Å². The molecule has 3 heterocycles. The first kappa shape index (κ1) is 13.0. The monoisotopic (exact) mass is 263 g/mol. The predicted octanol–water partition coefficient (Wildman–Crippen LogP) is 1.29. The Morgan fingerprint density at radius 2 is 2.05 bits per heavy atom. The molecule has 0 unspecified atom stereocenters. The SMILES string of the molecule is CCc1nc(C2(OC)CCOCC2)nc2c1CNC2. The van der Waals surface area contributed by atoms with Crippen LogP contribution >= 0.6 is 0 Å². The second kappa shape index (κ2) is 5.15. The first-order valence-corrected chi connectivity index (χ1v) is 7.02. The molecular formula is C14H21N3O2. The fourth-order valence-electron chi connectivity index (χ4n) is 2.95. The highest BCUT2D eigenvalue weighted by Gasteiger charge is 2.38. The summed E-state index contributed by atoms with van der Waals surface area (Å²) in [5.41, 5.74) is 3.22. The summed E-state index contributed by atoms with van der Waals surface area (Å²) in [5, 5.41) is 3.36. The van der Waals surface area contributed by atoms with E-state index in [1.165, 1.54) is 5.56 Å². The number of methoxy groups -OCH3 is 1. The first-order chi connectivity index (χ1) is 9.29. The zero-order chi connectivity index (χ0) is 13.3. The molecule has 0 aromatic carbocycles. The summed E-state index contributed by atoms with van der Waals surface area (Å²) in [6.07, 6.45) is 2.60. The Hall–Kier alpha value is -1.04. The van der Waals surface area contributed by atoms with E-state index in [-0.39, 0.29) is 5.60 Å². The standard InChI is InChI=1S/C14H21N3O2/c1-3-11-10-8-15-9-12(10)17-13(16-11)14(18-2)4-6-19-7-5-14/h15H,3-9H2,1-2H3. The van der Waals surface area contributed by atoms with Gasteiger partial charge in [-0.25, -0.2) is 9.97 Å². The van der Waals surface area contributed by atoms with Crippen LogP contribution in [-0.2, 0) is 34.6 Å². The maximum atomic E-state index is 5.80. The van der Waals surface area contributed by atoms with Gasteiger partial charge >= 0.3 is 0 Å². The van der Waals surface area contributed by atoms with E-state index in [1.807, 2.05) is 0 Å². The van der Waals surface area contributed by atoms with Gasteiger partial charge in [0, 0.05) is 57.5 Å². The fourth-order valence-corrected chi connectivity index (χ4v) is 2.95. The second-order valence-corrected chi connectivity index (χ2v) is 5.19. The van der Waals surface area contributed by atoms with Gasteiger partial charge in [-0.1, -0.05) is 6.92 Å². The Kier molecular flexibility index (Phi) is 3.52. The first-order valence-electron chi connectivity index (χ1n) is 7.02. The van der Waals surface area contributed by atoms with Crippen LogP contribution in [0.2, 0.25) is 0 Å². The van der Waals surface area contributed by atoms with E-state index in [0.717, 1.165) is 49.6 Å². The number of nitrogens with one attached hydrogen (secondary N) is 1. The van der Waals surface area contributed by atoms with Gasteiger partial charge in [-0.05, 0) is 6.42 Å². The lowest BCUT2D eigenvalue weighted by Gasteiger charge is -2.34. The van der Waals surface area contributed by atoms with Crippen molar-refractivity contribution in [2.24, 2.45) is 0 Å². The van der Waals surface area contributed by atoms with Crippen molar-refractivity contribution in [3.8, 4) is 0 Å². The lowest BCUT2D eigenvalue weighted by Crippen LogP contribution is -2.38. The van der Waals surface area contributed by atoms with Crippen LogP contribution < -0.4 is 5.32 Å². The molecular weight excluding hydrogens is 242 g/mol. The van der Waals surface area contributed by atoms with Gasteiger partial charge < -0.3 is 14.8 Å². The Balaban J connectivity index is 2.04. The van der Waals surface area contributed by atoms with Crippen LogP contribution in [0.1, 0.15) is 42.5 Å². The zero-order valence-electron chi connectivity index (χ0n) is 11.7. The third-order valence-electron chi connectivity index (χ3n) is 4.21. The molecule has 1 N–H and O–H groups in total. The van der Waals surface area contributed by atoms with Crippen LogP contribution in [0.15, 0.2) is 0 Å². The van der Waals surface area contributed by atoms with Gasteiger partial charge in [-0.15, -0.1) is 0 Å². The average Bonchev–Trinajstić information content (AvgIpc) is 2.95. The highest BCUT2D eigenvalue weighted by Crippen LogP contribution is 2.34. The Morgan fingerprint density at radius 3 is 2.74 bits per heavy atom. The van der Waals surface area contributed by atoms with Gasteiger partial charge in [-0.2, -0.15) is 0 Å². The summed E-state index contributed by atoms with van der Waals surface area (Å²) in [6, 6.07) is 0. The van der Waals surface area contributed by atoms with Crippen LogP contribution in [0, 0.1) is 0 Å². The van der Waals surface area contributed by atoms with E-state index in [9.17, 15) is 0 Å². The van der Waals surface area contributed by atoms with Crippen molar-refractivity contribution in [3.63, 3.8) is 0 Å². The minimum atomic E-state index is -0.361. The van der Waals surface area contributed by atoms with E-state index < -0.39 is 0 Å². The molecule has 2 aliphatic heterocycles. The summed E-state index contributed by atoms with van der Waals surface area (Å²) in [5.74, 6) is 0.845. The molecule has 19 heavy (non-hydrogen) atoms. The van der Waals surface area contributed by atoms with Crippen molar-refractivity contribution in [1.29, 1.82) is 0 Å². The summed E-state index contributed by atoms with van der Waals surface area (Å²) in [7, 11) is 1.76. The maximum absolute atomic E-state index is 5.80. The second-order valence-electron chi connectivity index (χ2n) is 5.19. The van der Waals surface area contributed by atoms with Crippen molar-refractivity contribution < 1.29 is 9.47 Å². The third kappa shape index (κ3) is 2.16. The average molecular weight is 263 g/mol. The molecule has 5 nitrogen and oxygen atoms in total. The summed E-state index contributed by atoms with van der Waals surface area (Å²) in [6.45, 7) is 5.31. The molecule has 0 bridgehead atoms. The molecule has 0 atom stereocenters. The van der Waals surface area contributed by atoms with Crippen molar-refractivity contribution in [1.82, 2.24) is 15.3 Å². The molecule has 1 aromatic rings. The number of fused-ring (bicyclic) bond motifs is 1. The number of rotatable bonds is 3. The minimum Gasteiger partial charge on any atom is -0.381 e. The van der Waals surface area contributed by atoms with Crippen LogP contribution in [0.5, 0.6) is 0 Å². The van der Waals surface area contributed by atoms with Crippen molar-refractivity contribution in [2.45, 2.75) is 44.9 Å². The molecule has 0 spiro atoms. The van der Waals surface area contributed by atoms with Gasteiger partial charge in [0.2, 0.25) is 0 Å². The Morgan fingerprint density at radius 1 is 1.26 bits per heavy atom. The maximum Gasteiger partial charge on any atom is 0.161 e. The predicted molar refractivity (Wildman–Crippen MR) is 70.7 cm³/mol. The molecule has 1 fully saturated rings. The number of hydrogen-bond donors (Lipinski definition) is 1. The highest BCUT2D eigenvalue weighted by molar-refractivity contribution is 5.30. The number of ether oxygens (including phenoxy) is 2. The van der Waals surface area contributed by atoms with E-state index in [4.69, 9.17) is 19.4 Å². The number of aromatic nitrogens is 2. The number of nitrogens with zero attached hydrogens (tertiary/aromatic N) is 2. The smallest absolute Gasteiger partial charge is 0.161 e. The van der Waals surface area contributed by atoms with Gasteiger partial charge in [0.25, 0.3) is 0 Å². The van der Waals surface area contributed by atoms with Gasteiger partial charge in [0.05, 0.1) is 5.69 Å².